The Labute approximate surface area is 165 Å². The first-order chi connectivity index (χ1) is 13.7. The van der Waals surface area contributed by atoms with Gasteiger partial charge < -0.3 is 14.8 Å². The highest BCUT2D eigenvalue weighted by atomic mass is 16.5. The highest BCUT2D eigenvalue weighted by molar-refractivity contribution is 6.00. The molecule has 1 unspecified atom stereocenters. The molecule has 1 atom stereocenters. The minimum absolute atomic E-state index is 0.0544. The van der Waals surface area contributed by atoms with E-state index in [1.807, 2.05) is 61.5 Å². The molecule has 0 aliphatic heterocycles. The fourth-order valence-corrected chi connectivity index (χ4v) is 2.94. The van der Waals surface area contributed by atoms with Gasteiger partial charge in [-0.1, -0.05) is 25.1 Å². The van der Waals surface area contributed by atoms with E-state index in [0.29, 0.717) is 17.9 Å². The Hall–Kier alpha value is -3.12. The highest BCUT2D eigenvalue weighted by Crippen LogP contribution is 2.26. The van der Waals surface area contributed by atoms with Gasteiger partial charge in [-0.2, -0.15) is 5.10 Å². The maximum Gasteiger partial charge on any atom is 0.255 e. The van der Waals surface area contributed by atoms with Gasteiger partial charge in [-0.25, -0.2) is 4.68 Å². The largest absolute Gasteiger partial charge is 0.497 e. The van der Waals surface area contributed by atoms with Crippen LogP contribution in [-0.2, 0) is 4.74 Å². The van der Waals surface area contributed by atoms with Gasteiger partial charge in [0.25, 0.3) is 5.91 Å². The Balaban J connectivity index is 2.00. The van der Waals surface area contributed by atoms with Crippen molar-refractivity contribution in [1.29, 1.82) is 0 Å². The lowest BCUT2D eigenvalue weighted by Crippen LogP contribution is -2.37. The molecular weight excluding hydrogens is 354 g/mol. The van der Waals surface area contributed by atoms with E-state index in [4.69, 9.17) is 14.6 Å². The predicted molar refractivity (Wildman–Crippen MR) is 109 cm³/mol. The van der Waals surface area contributed by atoms with Gasteiger partial charge in [0.2, 0.25) is 0 Å². The third kappa shape index (κ3) is 4.40. The number of nitrogens with zero attached hydrogens (tertiary/aromatic N) is 2. The van der Waals surface area contributed by atoms with Crippen LogP contribution in [0.15, 0.2) is 60.8 Å². The lowest BCUT2D eigenvalue weighted by Gasteiger charge is -2.15. The van der Waals surface area contributed by atoms with Crippen molar-refractivity contribution in [2.45, 2.75) is 19.4 Å². The average Bonchev–Trinajstić information content (AvgIpc) is 3.19. The van der Waals surface area contributed by atoms with Gasteiger partial charge in [0.1, 0.15) is 11.4 Å². The number of hydrogen-bond donors (Lipinski definition) is 1. The average molecular weight is 379 g/mol. The SMILES string of the molecule is CCC(COC)NC(=O)c1cn(-c2ccccc2)nc1-c1ccc(OC)cc1. The van der Waals surface area contributed by atoms with Crippen LogP contribution in [0, 0.1) is 0 Å². The number of carbonyl (C=O) groups excluding carboxylic acids is 1. The fraction of sp³-hybridized carbons (Fsp3) is 0.273. The quantitative estimate of drug-likeness (QED) is 0.648. The molecule has 1 aromatic heterocycles. The zero-order chi connectivity index (χ0) is 19.9. The van der Waals surface area contributed by atoms with E-state index in [1.165, 1.54) is 0 Å². The van der Waals surface area contributed by atoms with E-state index in [0.717, 1.165) is 23.4 Å². The Morgan fingerprint density at radius 3 is 2.43 bits per heavy atom. The van der Waals surface area contributed by atoms with Crippen molar-refractivity contribution in [1.82, 2.24) is 15.1 Å². The number of carbonyl (C=O) groups is 1. The molecule has 0 fully saturated rings. The van der Waals surface area contributed by atoms with Crippen molar-refractivity contribution >= 4 is 5.91 Å². The highest BCUT2D eigenvalue weighted by Gasteiger charge is 2.21. The third-order valence-corrected chi connectivity index (χ3v) is 4.54. The Kier molecular flexibility index (Phi) is 6.45. The molecule has 3 rings (SSSR count). The number of rotatable bonds is 8. The predicted octanol–water partition coefficient (Wildman–Crippen LogP) is 3.70. The molecule has 0 aliphatic carbocycles. The standard InChI is InChI=1S/C22H25N3O3/c1-4-17(15-27-2)23-22(26)20-14-25(18-8-6-5-7-9-18)24-21(20)16-10-12-19(28-3)13-11-16/h5-14,17H,4,15H2,1-3H3,(H,23,26). The number of amides is 1. The number of methoxy groups -OCH3 is 2. The molecule has 1 heterocycles. The Morgan fingerprint density at radius 1 is 1.11 bits per heavy atom. The minimum atomic E-state index is -0.170. The van der Waals surface area contributed by atoms with Gasteiger partial charge in [0.15, 0.2) is 0 Å². The molecule has 3 aromatic rings. The third-order valence-electron chi connectivity index (χ3n) is 4.54. The molecule has 146 valence electrons. The van der Waals surface area contributed by atoms with E-state index in [2.05, 4.69) is 5.32 Å². The van der Waals surface area contributed by atoms with Crippen molar-refractivity contribution in [3.05, 3.63) is 66.4 Å². The topological polar surface area (TPSA) is 65.4 Å². The summed E-state index contributed by atoms with van der Waals surface area (Å²) >= 11 is 0. The minimum Gasteiger partial charge on any atom is -0.497 e. The van der Waals surface area contributed by atoms with Crippen LogP contribution in [0.3, 0.4) is 0 Å². The summed E-state index contributed by atoms with van der Waals surface area (Å²) in [5, 5.41) is 7.73. The summed E-state index contributed by atoms with van der Waals surface area (Å²) in [5.41, 5.74) is 2.88. The molecule has 0 radical (unpaired) electrons. The monoisotopic (exact) mass is 379 g/mol. The zero-order valence-corrected chi connectivity index (χ0v) is 16.4. The Bertz CT molecular complexity index is 905. The molecule has 0 bridgehead atoms. The van der Waals surface area contributed by atoms with Crippen LogP contribution in [0.25, 0.3) is 16.9 Å². The lowest BCUT2D eigenvalue weighted by atomic mass is 10.1. The summed E-state index contributed by atoms with van der Waals surface area (Å²) in [4.78, 5) is 13.0. The van der Waals surface area contributed by atoms with Crippen LogP contribution < -0.4 is 10.1 Å². The lowest BCUT2D eigenvalue weighted by molar-refractivity contribution is 0.0895. The summed E-state index contributed by atoms with van der Waals surface area (Å²) in [6.07, 6.45) is 2.55. The number of benzene rings is 2. The number of para-hydroxylation sites is 1. The van der Waals surface area contributed by atoms with Crippen molar-refractivity contribution in [3.8, 4) is 22.7 Å². The molecule has 6 heteroatoms. The molecule has 1 N–H and O–H groups in total. The Morgan fingerprint density at radius 2 is 1.82 bits per heavy atom. The maximum atomic E-state index is 13.0. The van der Waals surface area contributed by atoms with Crippen LogP contribution in [0.1, 0.15) is 23.7 Å². The van der Waals surface area contributed by atoms with E-state index < -0.39 is 0 Å². The van der Waals surface area contributed by atoms with E-state index in [1.54, 1.807) is 25.1 Å². The number of aromatic nitrogens is 2. The second-order valence-corrected chi connectivity index (χ2v) is 6.43. The summed E-state index contributed by atoms with van der Waals surface area (Å²) < 4.78 is 12.2. The first-order valence-electron chi connectivity index (χ1n) is 9.25. The van der Waals surface area contributed by atoms with Crippen LogP contribution in [0.4, 0.5) is 0 Å². The molecule has 0 spiro atoms. The van der Waals surface area contributed by atoms with Crippen LogP contribution in [0.2, 0.25) is 0 Å². The molecule has 0 aliphatic rings. The first kappa shape index (κ1) is 19.6. The van der Waals surface area contributed by atoms with Gasteiger partial charge in [-0.05, 0) is 42.8 Å². The van der Waals surface area contributed by atoms with Crippen LogP contribution >= 0.6 is 0 Å². The van der Waals surface area contributed by atoms with Gasteiger partial charge in [-0.15, -0.1) is 0 Å². The zero-order valence-electron chi connectivity index (χ0n) is 16.4. The number of hydrogen-bond acceptors (Lipinski definition) is 4. The maximum absolute atomic E-state index is 13.0. The van der Waals surface area contributed by atoms with Crippen LogP contribution in [0.5, 0.6) is 5.75 Å². The van der Waals surface area contributed by atoms with Crippen molar-refractivity contribution in [2.24, 2.45) is 0 Å². The van der Waals surface area contributed by atoms with E-state index in [-0.39, 0.29) is 11.9 Å². The molecule has 28 heavy (non-hydrogen) atoms. The second kappa shape index (κ2) is 9.19. The molecule has 1 amide bonds. The molecule has 0 saturated carbocycles. The molecule has 6 nitrogen and oxygen atoms in total. The molecule has 2 aromatic carbocycles. The summed E-state index contributed by atoms with van der Waals surface area (Å²) in [7, 11) is 3.25. The number of nitrogens with one attached hydrogen (secondary N) is 1. The van der Waals surface area contributed by atoms with Gasteiger partial charge >= 0.3 is 0 Å². The van der Waals surface area contributed by atoms with Gasteiger partial charge in [-0.3, -0.25) is 4.79 Å². The molecular formula is C22H25N3O3. The fourth-order valence-electron chi connectivity index (χ4n) is 2.94. The van der Waals surface area contributed by atoms with Crippen molar-refractivity contribution in [3.63, 3.8) is 0 Å². The van der Waals surface area contributed by atoms with Crippen molar-refractivity contribution in [2.75, 3.05) is 20.8 Å². The molecule has 0 saturated heterocycles. The smallest absolute Gasteiger partial charge is 0.255 e. The summed E-state index contributed by atoms with van der Waals surface area (Å²) in [6, 6.07) is 17.2. The summed E-state index contributed by atoms with van der Waals surface area (Å²) in [6.45, 7) is 2.48. The van der Waals surface area contributed by atoms with Crippen molar-refractivity contribution < 1.29 is 14.3 Å². The second-order valence-electron chi connectivity index (χ2n) is 6.43. The normalized spacial score (nSPS) is 11.8. The van der Waals surface area contributed by atoms with Gasteiger partial charge in [0, 0.05) is 18.9 Å². The van der Waals surface area contributed by atoms with E-state index >= 15 is 0 Å². The van der Waals surface area contributed by atoms with E-state index in [9.17, 15) is 4.79 Å². The van der Waals surface area contributed by atoms with Crippen LogP contribution in [-0.4, -0.2) is 42.6 Å². The van der Waals surface area contributed by atoms with Gasteiger partial charge in [0.05, 0.1) is 31.0 Å². The summed E-state index contributed by atoms with van der Waals surface area (Å²) in [5.74, 6) is 0.584. The first-order valence-corrected chi connectivity index (χ1v) is 9.25. The number of ether oxygens (including phenoxy) is 2.